The molecule has 2 aromatic rings. The first kappa shape index (κ1) is 14.9. The average molecular weight is 284 g/mol. The van der Waals surface area contributed by atoms with E-state index < -0.39 is 0 Å². The SMILES string of the molecule is Cc1cc(C)c(SCCC(=O)c2ccccc2)c(C)c1. The van der Waals surface area contributed by atoms with Crippen molar-refractivity contribution in [3.63, 3.8) is 0 Å². The van der Waals surface area contributed by atoms with Crippen LogP contribution in [0.1, 0.15) is 33.5 Å². The van der Waals surface area contributed by atoms with Crippen LogP contribution >= 0.6 is 11.8 Å². The third-order valence-electron chi connectivity index (χ3n) is 3.28. The van der Waals surface area contributed by atoms with Gasteiger partial charge in [-0.05, 0) is 31.9 Å². The van der Waals surface area contributed by atoms with Gasteiger partial charge in [0.1, 0.15) is 0 Å². The third-order valence-corrected chi connectivity index (χ3v) is 4.62. The van der Waals surface area contributed by atoms with Gasteiger partial charge in [-0.3, -0.25) is 4.79 Å². The summed E-state index contributed by atoms with van der Waals surface area (Å²) in [5.41, 5.74) is 4.72. The predicted octanol–water partition coefficient (Wildman–Crippen LogP) is 4.98. The molecule has 0 spiro atoms. The number of carbonyl (C=O) groups is 1. The summed E-state index contributed by atoms with van der Waals surface area (Å²) in [7, 11) is 0. The molecule has 1 nitrogen and oxygen atoms in total. The van der Waals surface area contributed by atoms with Gasteiger partial charge in [0.2, 0.25) is 0 Å². The second kappa shape index (κ2) is 6.76. The molecule has 20 heavy (non-hydrogen) atoms. The summed E-state index contributed by atoms with van der Waals surface area (Å²) < 4.78 is 0. The lowest BCUT2D eigenvalue weighted by atomic mass is 10.1. The van der Waals surface area contributed by atoms with Crippen LogP contribution in [0, 0.1) is 20.8 Å². The van der Waals surface area contributed by atoms with Crippen LogP contribution in [0.15, 0.2) is 47.4 Å². The number of carbonyl (C=O) groups excluding carboxylic acids is 1. The van der Waals surface area contributed by atoms with Gasteiger partial charge in [-0.2, -0.15) is 0 Å². The van der Waals surface area contributed by atoms with E-state index in [1.54, 1.807) is 11.8 Å². The smallest absolute Gasteiger partial charge is 0.163 e. The maximum atomic E-state index is 12.0. The molecule has 0 saturated heterocycles. The molecule has 0 N–H and O–H groups in total. The zero-order chi connectivity index (χ0) is 14.5. The number of hydrogen-bond acceptors (Lipinski definition) is 2. The Morgan fingerprint density at radius 2 is 1.60 bits per heavy atom. The van der Waals surface area contributed by atoms with Crippen LogP contribution in [0.2, 0.25) is 0 Å². The van der Waals surface area contributed by atoms with E-state index >= 15 is 0 Å². The molecule has 0 radical (unpaired) electrons. The lowest BCUT2D eigenvalue weighted by Gasteiger charge is -2.10. The highest BCUT2D eigenvalue weighted by Crippen LogP contribution is 2.28. The van der Waals surface area contributed by atoms with E-state index in [0.29, 0.717) is 6.42 Å². The summed E-state index contributed by atoms with van der Waals surface area (Å²) in [4.78, 5) is 13.4. The maximum Gasteiger partial charge on any atom is 0.163 e. The van der Waals surface area contributed by atoms with Crippen LogP contribution in [-0.2, 0) is 0 Å². The maximum absolute atomic E-state index is 12.0. The Balaban J connectivity index is 1.95. The van der Waals surface area contributed by atoms with Crippen molar-refractivity contribution in [1.29, 1.82) is 0 Å². The predicted molar refractivity (Wildman–Crippen MR) is 86.8 cm³/mol. The first-order valence-corrected chi connectivity index (χ1v) is 7.85. The standard InChI is InChI=1S/C18H20OS/c1-13-11-14(2)18(15(3)12-13)20-10-9-17(19)16-7-5-4-6-8-16/h4-8,11-12H,9-10H2,1-3H3. The number of benzene rings is 2. The molecule has 2 aromatic carbocycles. The molecule has 0 aliphatic heterocycles. The highest BCUT2D eigenvalue weighted by Gasteiger charge is 2.08. The minimum atomic E-state index is 0.223. The fourth-order valence-electron chi connectivity index (χ4n) is 2.41. The number of rotatable bonds is 5. The van der Waals surface area contributed by atoms with Crippen molar-refractivity contribution in [3.8, 4) is 0 Å². The molecular weight excluding hydrogens is 264 g/mol. The third kappa shape index (κ3) is 3.73. The van der Waals surface area contributed by atoms with Gasteiger partial charge >= 0.3 is 0 Å². The van der Waals surface area contributed by atoms with Crippen LogP contribution in [0.4, 0.5) is 0 Å². The lowest BCUT2D eigenvalue weighted by molar-refractivity contribution is 0.0989. The van der Waals surface area contributed by atoms with Crippen molar-refractivity contribution in [2.24, 2.45) is 0 Å². The first-order valence-electron chi connectivity index (χ1n) is 6.87. The van der Waals surface area contributed by atoms with E-state index in [0.717, 1.165) is 11.3 Å². The molecule has 0 atom stereocenters. The summed E-state index contributed by atoms with van der Waals surface area (Å²) in [5, 5.41) is 0. The van der Waals surface area contributed by atoms with Gasteiger partial charge < -0.3 is 0 Å². The van der Waals surface area contributed by atoms with E-state index in [-0.39, 0.29) is 5.78 Å². The number of aryl methyl sites for hydroxylation is 3. The molecule has 0 amide bonds. The number of thioether (sulfide) groups is 1. The monoisotopic (exact) mass is 284 g/mol. The molecular formula is C18H20OS. The van der Waals surface area contributed by atoms with Crippen molar-refractivity contribution in [2.45, 2.75) is 32.1 Å². The van der Waals surface area contributed by atoms with Gasteiger partial charge in [0.15, 0.2) is 5.78 Å². The summed E-state index contributed by atoms with van der Waals surface area (Å²) >= 11 is 1.78. The Morgan fingerprint density at radius 3 is 2.20 bits per heavy atom. The highest BCUT2D eigenvalue weighted by molar-refractivity contribution is 7.99. The summed E-state index contributed by atoms with van der Waals surface area (Å²) in [6.07, 6.45) is 0.585. The number of Topliss-reactive ketones (excluding diaryl/α,β-unsaturated/α-hetero) is 1. The largest absolute Gasteiger partial charge is 0.294 e. The number of ketones is 1. The highest BCUT2D eigenvalue weighted by atomic mass is 32.2. The quantitative estimate of drug-likeness (QED) is 0.569. The summed E-state index contributed by atoms with van der Waals surface area (Å²) in [6.45, 7) is 6.40. The zero-order valence-corrected chi connectivity index (χ0v) is 13.1. The van der Waals surface area contributed by atoms with Crippen molar-refractivity contribution in [3.05, 3.63) is 64.7 Å². The van der Waals surface area contributed by atoms with Gasteiger partial charge in [0, 0.05) is 22.6 Å². The second-order valence-electron chi connectivity index (χ2n) is 5.12. The minimum Gasteiger partial charge on any atom is -0.294 e. The Bertz CT molecular complexity index is 579. The number of hydrogen-bond donors (Lipinski definition) is 0. The van der Waals surface area contributed by atoms with Gasteiger partial charge in [0.25, 0.3) is 0 Å². The normalized spacial score (nSPS) is 10.6. The van der Waals surface area contributed by atoms with Crippen LogP contribution < -0.4 is 0 Å². The fraction of sp³-hybridized carbons (Fsp3) is 0.278. The van der Waals surface area contributed by atoms with E-state index in [2.05, 4.69) is 32.9 Å². The molecule has 2 rings (SSSR count). The van der Waals surface area contributed by atoms with Crippen molar-refractivity contribution >= 4 is 17.5 Å². The molecule has 104 valence electrons. The van der Waals surface area contributed by atoms with E-state index in [9.17, 15) is 4.79 Å². The van der Waals surface area contributed by atoms with E-state index in [1.165, 1.54) is 21.6 Å². The minimum absolute atomic E-state index is 0.223. The lowest BCUT2D eigenvalue weighted by Crippen LogP contribution is -2.00. The molecule has 0 unspecified atom stereocenters. The summed E-state index contributed by atoms with van der Waals surface area (Å²) in [6, 6.07) is 13.9. The Morgan fingerprint density at radius 1 is 1.00 bits per heavy atom. The van der Waals surface area contributed by atoms with Gasteiger partial charge in [-0.15, -0.1) is 11.8 Å². The topological polar surface area (TPSA) is 17.1 Å². The van der Waals surface area contributed by atoms with Gasteiger partial charge in [-0.25, -0.2) is 0 Å². The van der Waals surface area contributed by atoms with Crippen LogP contribution in [0.5, 0.6) is 0 Å². The van der Waals surface area contributed by atoms with Crippen LogP contribution in [0.3, 0.4) is 0 Å². The zero-order valence-electron chi connectivity index (χ0n) is 12.3. The van der Waals surface area contributed by atoms with Crippen molar-refractivity contribution in [1.82, 2.24) is 0 Å². The molecule has 0 bridgehead atoms. The molecule has 0 aliphatic rings. The Labute approximate surface area is 125 Å². The summed E-state index contributed by atoms with van der Waals surface area (Å²) in [5.74, 6) is 1.05. The molecule has 0 saturated carbocycles. The van der Waals surface area contributed by atoms with Gasteiger partial charge in [0.05, 0.1) is 0 Å². The average Bonchev–Trinajstić information content (AvgIpc) is 2.42. The van der Waals surface area contributed by atoms with Crippen LogP contribution in [-0.4, -0.2) is 11.5 Å². The van der Waals surface area contributed by atoms with E-state index in [4.69, 9.17) is 0 Å². The molecule has 0 aliphatic carbocycles. The second-order valence-corrected chi connectivity index (χ2v) is 6.22. The molecule has 2 heteroatoms. The Hall–Kier alpha value is -1.54. The van der Waals surface area contributed by atoms with Crippen LogP contribution in [0.25, 0.3) is 0 Å². The van der Waals surface area contributed by atoms with Gasteiger partial charge in [-0.1, -0.05) is 48.0 Å². The first-order chi connectivity index (χ1) is 9.58. The van der Waals surface area contributed by atoms with Crippen molar-refractivity contribution < 1.29 is 4.79 Å². The Kier molecular flexibility index (Phi) is 5.02. The van der Waals surface area contributed by atoms with E-state index in [1.807, 2.05) is 30.3 Å². The fourth-order valence-corrected chi connectivity index (χ4v) is 3.47. The van der Waals surface area contributed by atoms with Crippen molar-refractivity contribution in [2.75, 3.05) is 5.75 Å². The molecule has 0 fully saturated rings. The molecule has 0 aromatic heterocycles. The molecule has 0 heterocycles.